The van der Waals surface area contributed by atoms with E-state index < -0.39 is 18.0 Å². The molecule has 1 amide bonds. The van der Waals surface area contributed by atoms with Crippen LogP contribution in [0, 0.1) is 0 Å². The Balaban J connectivity index is 1.53. The highest BCUT2D eigenvalue weighted by Crippen LogP contribution is 2.17. The van der Waals surface area contributed by atoms with Crippen LogP contribution in [0.3, 0.4) is 0 Å². The largest absolute Gasteiger partial charge is 0.449 e. The Hall–Kier alpha value is -3.48. The van der Waals surface area contributed by atoms with E-state index >= 15 is 0 Å². The zero-order chi connectivity index (χ0) is 21.1. The van der Waals surface area contributed by atoms with Crippen LogP contribution >= 0.6 is 0 Å². The summed E-state index contributed by atoms with van der Waals surface area (Å²) in [5.41, 5.74) is 1.28. The summed E-state index contributed by atoms with van der Waals surface area (Å²) >= 11 is 0. The van der Waals surface area contributed by atoms with Gasteiger partial charge in [0, 0.05) is 18.7 Å². The Kier molecular flexibility index (Phi) is 5.61. The van der Waals surface area contributed by atoms with Crippen LogP contribution in [-0.4, -0.2) is 27.5 Å². The number of amides is 1. The van der Waals surface area contributed by atoms with Gasteiger partial charge in [-0.2, -0.15) is 0 Å². The number of carbonyl (C=O) groups excluding carboxylic acids is 2. The summed E-state index contributed by atoms with van der Waals surface area (Å²) in [6, 6.07) is 13.7. The van der Waals surface area contributed by atoms with Gasteiger partial charge >= 0.3 is 5.97 Å². The molecule has 7 nitrogen and oxygen atoms in total. The van der Waals surface area contributed by atoms with E-state index in [1.807, 2.05) is 6.07 Å². The number of nitrogens with zero attached hydrogens (tertiary/aromatic N) is 2. The fraction of sp³-hybridized carbons (Fsp3) is 0.304. The number of aromatic nitrogens is 2. The normalized spacial score (nSPS) is 14.4. The molecule has 1 aromatic heterocycles. The van der Waals surface area contributed by atoms with E-state index in [9.17, 15) is 14.4 Å². The van der Waals surface area contributed by atoms with Gasteiger partial charge in [0.15, 0.2) is 6.10 Å². The Bertz CT molecular complexity index is 1150. The number of fused-ring (bicyclic) bond motifs is 2. The van der Waals surface area contributed by atoms with Gasteiger partial charge in [-0.1, -0.05) is 24.6 Å². The van der Waals surface area contributed by atoms with Gasteiger partial charge in [-0.15, -0.1) is 0 Å². The molecular weight excluding hydrogens is 382 g/mol. The summed E-state index contributed by atoms with van der Waals surface area (Å²) in [7, 11) is 0. The molecule has 154 valence electrons. The molecule has 1 atom stereocenters. The van der Waals surface area contributed by atoms with Crippen molar-refractivity contribution in [3.8, 4) is 0 Å². The molecule has 3 aromatic rings. The van der Waals surface area contributed by atoms with Crippen LogP contribution < -0.4 is 10.9 Å². The van der Waals surface area contributed by atoms with E-state index in [0.717, 1.165) is 31.5 Å². The van der Waals surface area contributed by atoms with Crippen molar-refractivity contribution in [1.82, 2.24) is 9.55 Å². The van der Waals surface area contributed by atoms with E-state index in [1.165, 1.54) is 6.92 Å². The third-order valence-electron chi connectivity index (χ3n) is 5.25. The molecule has 0 radical (unpaired) electrons. The van der Waals surface area contributed by atoms with Crippen LogP contribution in [0.2, 0.25) is 0 Å². The number of rotatable bonds is 4. The molecule has 0 fully saturated rings. The Morgan fingerprint density at radius 1 is 1.10 bits per heavy atom. The summed E-state index contributed by atoms with van der Waals surface area (Å²) in [6.07, 6.45) is 2.80. The minimum absolute atomic E-state index is 0.0765. The van der Waals surface area contributed by atoms with E-state index in [2.05, 4.69) is 10.3 Å². The molecule has 4 rings (SSSR count). The second-order valence-electron chi connectivity index (χ2n) is 7.43. The number of carbonyl (C=O) groups is 2. The maximum atomic E-state index is 12.8. The third-order valence-corrected chi connectivity index (χ3v) is 5.25. The molecule has 2 aromatic carbocycles. The Morgan fingerprint density at radius 2 is 1.90 bits per heavy atom. The number of hydrogen-bond acceptors (Lipinski definition) is 5. The zero-order valence-electron chi connectivity index (χ0n) is 16.8. The first kappa shape index (κ1) is 19.8. The summed E-state index contributed by atoms with van der Waals surface area (Å²) in [6.45, 7) is 2.19. The number of para-hydroxylation sites is 1. The van der Waals surface area contributed by atoms with Gasteiger partial charge in [-0.3, -0.25) is 14.2 Å². The maximum absolute atomic E-state index is 12.8. The number of aryl methyl sites for hydroxylation is 1. The van der Waals surface area contributed by atoms with Gasteiger partial charge in [-0.05, 0) is 50.1 Å². The molecule has 30 heavy (non-hydrogen) atoms. The number of esters is 1. The molecule has 0 aliphatic carbocycles. The van der Waals surface area contributed by atoms with Crippen molar-refractivity contribution in [2.45, 2.75) is 45.3 Å². The summed E-state index contributed by atoms with van der Waals surface area (Å²) in [5.74, 6) is -0.299. The average molecular weight is 405 g/mol. The van der Waals surface area contributed by atoms with E-state index in [0.29, 0.717) is 23.1 Å². The van der Waals surface area contributed by atoms with Crippen LogP contribution in [-0.2, 0) is 22.5 Å². The molecule has 2 heterocycles. The highest BCUT2D eigenvalue weighted by atomic mass is 16.5. The molecule has 0 saturated heterocycles. The van der Waals surface area contributed by atoms with Crippen molar-refractivity contribution >= 4 is 28.5 Å². The lowest BCUT2D eigenvalue weighted by atomic mass is 10.1. The van der Waals surface area contributed by atoms with Crippen molar-refractivity contribution in [3.63, 3.8) is 0 Å². The minimum Gasteiger partial charge on any atom is -0.449 e. The molecule has 0 unspecified atom stereocenters. The lowest BCUT2D eigenvalue weighted by Gasteiger charge is -2.14. The fourth-order valence-electron chi connectivity index (χ4n) is 3.59. The number of anilines is 1. The molecule has 1 aliphatic rings. The molecule has 0 saturated carbocycles. The van der Waals surface area contributed by atoms with Crippen molar-refractivity contribution in [1.29, 1.82) is 0 Å². The molecule has 1 N–H and O–H groups in total. The van der Waals surface area contributed by atoms with Crippen molar-refractivity contribution in [2.75, 3.05) is 5.32 Å². The molecular formula is C23H23N3O4. The van der Waals surface area contributed by atoms with Gasteiger partial charge < -0.3 is 10.1 Å². The first-order valence-corrected chi connectivity index (χ1v) is 10.1. The summed E-state index contributed by atoms with van der Waals surface area (Å²) < 4.78 is 7.06. The van der Waals surface area contributed by atoms with E-state index in [-0.39, 0.29) is 11.1 Å². The molecule has 7 heteroatoms. The molecule has 1 aliphatic heterocycles. The Labute approximate surface area is 173 Å². The van der Waals surface area contributed by atoms with Gasteiger partial charge in [-0.25, -0.2) is 9.78 Å². The van der Waals surface area contributed by atoms with Crippen LogP contribution in [0.15, 0.2) is 53.3 Å². The van der Waals surface area contributed by atoms with Gasteiger partial charge in [0.2, 0.25) is 0 Å². The number of hydrogen-bond donors (Lipinski definition) is 1. The van der Waals surface area contributed by atoms with Gasteiger partial charge in [0.25, 0.3) is 11.5 Å². The van der Waals surface area contributed by atoms with Crippen molar-refractivity contribution in [2.24, 2.45) is 0 Å². The molecule has 0 spiro atoms. The van der Waals surface area contributed by atoms with Crippen LogP contribution in [0.1, 0.15) is 42.4 Å². The van der Waals surface area contributed by atoms with E-state index in [4.69, 9.17) is 4.74 Å². The molecule has 0 bridgehead atoms. The topological polar surface area (TPSA) is 90.3 Å². The Morgan fingerprint density at radius 3 is 2.70 bits per heavy atom. The highest BCUT2D eigenvalue weighted by molar-refractivity contribution is 5.98. The second kappa shape index (κ2) is 8.49. The predicted molar refractivity (Wildman–Crippen MR) is 114 cm³/mol. The lowest BCUT2D eigenvalue weighted by Crippen LogP contribution is -2.30. The second-order valence-corrected chi connectivity index (χ2v) is 7.43. The quantitative estimate of drug-likeness (QED) is 0.673. The number of nitrogens with one attached hydrogen (secondary N) is 1. The van der Waals surface area contributed by atoms with Crippen LogP contribution in [0.25, 0.3) is 10.9 Å². The van der Waals surface area contributed by atoms with Crippen molar-refractivity contribution < 1.29 is 14.3 Å². The smallest absolute Gasteiger partial charge is 0.338 e. The number of benzene rings is 2. The van der Waals surface area contributed by atoms with Crippen LogP contribution in [0.4, 0.5) is 5.69 Å². The zero-order valence-corrected chi connectivity index (χ0v) is 16.8. The first-order valence-electron chi connectivity index (χ1n) is 10.1. The van der Waals surface area contributed by atoms with Crippen LogP contribution in [0.5, 0.6) is 0 Å². The van der Waals surface area contributed by atoms with Gasteiger partial charge in [0.05, 0.1) is 16.5 Å². The monoisotopic (exact) mass is 405 g/mol. The SMILES string of the molecule is C[C@H](OC(=O)c1ccc2c(=O)n3c(nc2c1)CCCCC3)C(=O)Nc1ccccc1. The third kappa shape index (κ3) is 4.10. The predicted octanol–water partition coefficient (Wildman–Crippen LogP) is 3.31. The average Bonchev–Trinajstić information content (AvgIpc) is 3.00. The minimum atomic E-state index is -0.973. The standard InChI is InChI=1S/C23H23N3O4/c1-15(21(27)24-17-8-4-2-5-9-17)30-23(29)16-11-12-18-19(14-16)25-20-10-6-3-7-13-26(20)22(18)28/h2,4-5,8-9,11-12,14-15H,3,6-7,10,13H2,1H3,(H,24,27)/t15-/m0/s1. The lowest BCUT2D eigenvalue weighted by molar-refractivity contribution is -0.123. The van der Waals surface area contributed by atoms with Gasteiger partial charge in [0.1, 0.15) is 5.82 Å². The first-order chi connectivity index (χ1) is 14.5. The summed E-state index contributed by atoms with van der Waals surface area (Å²) in [4.78, 5) is 42.3. The highest BCUT2D eigenvalue weighted by Gasteiger charge is 2.20. The fourth-order valence-corrected chi connectivity index (χ4v) is 3.59. The van der Waals surface area contributed by atoms with E-state index in [1.54, 1.807) is 47.0 Å². The maximum Gasteiger partial charge on any atom is 0.338 e. The number of ether oxygens (including phenoxy) is 1. The summed E-state index contributed by atoms with van der Waals surface area (Å²) in [5, 5.41) is 3.18. The van der Waals surface area contributed by atoms with Crippen molar-refractivity contribution in [3.05, 3.63) is 70.3 Å².